The molecular formula is C51H56Br3N3O3. The van der Waals surface area contributed by atoms with Gasteiger partial charge in [0.05, 0.1) is 41.3 Å². The van der Waals surface area contributed by atoms with Crippen molar-refractivity contribution >= 4 is 34.3 Å². The molecule has 0 amide bonds. The summed E-state index contributed by atoms with van der Waals surface area (Å²) in [5, 5.41) is 0. The molecule has 0 radical (unpaired) electrons. The highest BCUT2D eigenvalue weighted by atomic mass is 79.9. The average Bonchev–Trinajstić information content (AvgIpc) is 3.24. The number of carbonyl (C=O) groups excluding carboxylic acids is 3. The topological polar surface area (TPSA) is 54.5 Å². The maximum absolute atomic E-state index is 13.0. The second-order valence-electron chi connectivity index (χ2n) is 16.4. The van der Waals surface area contributed by atoms with E-state index in [0.29, 0.717) is 33.4 Å². The van der Waals surface area contributed by atoms with E-state index in [1.54, 1.807) is 0 Å². The summed E-state index contributed by atoms with van der Waals surface area (Å²) in [5.41, 5.74) is 7.84. The lowest BCUT2D eigenvalue weighted by atomic mass is 10.0. The van der Waals surface area contributed by atoms with Gasteiger partial charge >= 0.3 is 0 Å². The lowest BCUT2D eigenvalue weighted by Crippen LogP contribution is -3.00. The Morgan fingerprint density at radius 1 is 0.383 bits per heavy atom. The number of rotatable bonds is 19. The summed E-state index contributed by atoms with van der Waals surface area (Å²) >= 11 is 0. The molecule has 0 saturated carbocycles. The molecule has 0 unspecified atom stereocenters. The highest BCUT2D eigenvalue weighted by Crippen LogP contribution is 2.18. The van der Waals surface area contributed by atoms with Crippen LogP contribution in [-0.4, -0.2) is 92.1 Å². The van der Waals surface area contributed by atoms with E-state index in [-0.39, 0.29) is 68.3 Å². The van der Waals surface area contributed by atoms with Crippen LogP contribution in [0.5, 0.6) is 0 Å². The SMILES string of the molecule is Br.C[N+](C)(CCN(CCc1ccc(C(=O)c2ccccc2)cc1)CC[N+](C)(C)Cc1ccc(C(=O)c2ccccc2)cc1)Cc1ccc(C(=O)c2ccccc2)cc1.[Br-].[Br-]. The van der Waals surface area contributed by atoms with E-state index in [1.165, 1.54) is 16.7 Å². The number of benzene rings is 6. The number of halogens is 3. The van der Waals surface area contributed by atoms with E-state index in [4.69, 9.17) is 0 Å². The summed E-state index contributed by atoms with van der Waals surface area (Å²) in [4.78, 5) is 41.5. The molecule has 0 N–H and O–H groups in total. The first-order chi connectivity index (χ1) is 27.4. The maximum Gasteiger partial charge on any atom is 0.193 e. The van der Waals surface area contributed by atoms with Crippen LogP contribution in [0.1, 0.15) is 64.5 Å². The summed E-state index contributed by atoms with van der Waals surface area (Å²) in [7, 11) is 9.09. The monoisotopic (exact) mass is 995 g/mol. The lowest BCUT2D eigenvalue weighted by Gasteiger charge is -2.35. The van der Waals surface area contributed by atoms with Gasteiger partial charge in [0.15, 0.2) is 17.3 Å². The fourth-order valence-electron chi connectivity index (χ4n) is 7.21. The molecule has 0 fully saturated rings. The molecule has 314 valence electrons. The van der Waals surface area contributed by atoms with Gasteiger partial charge in [-0.25, -0.2) is 0 Å². The van der Waals surface area contributed by atoms with Crippen molar-refractivity contribution in [2.45, 2.75) is 19.5 Å². The lowest BCUT2D eigenvalue weighted by molar-refractivity contribution is -0.905. The Kier molecular flexibility index (Phi) is 19.7. The molecule has 60 heavy (non-hydrogen) atoms. The van der Waals surface area contributed by atoms with Gasteiger partial charge in [0.25, 0.3) is 0 Å². The predicted molar refractivity (Wildman–Crippen MR) is 241 cm³/mol. The third-order valence-electron chi connectivity index (χ3n) is 10.7. The van der Waals surface area contributed by atoms with Crippen LogP contribution in [-0.2, 0) is 19.5 Å². The Balaban J connectivity index is 0.00000320. The standard InChI is InChI=1S/C51H55N3O3.3BrH/c1-53(2,38-41-22-28-47(29-23-41)50(56)44-16-10-6-11-17-44)36-34-52(33-32-40-20-26-46(27-21-40)49(55)43-14-8-5-9-15-43)35-37-54(3,4)39-42-24-30-48(31-25-42)51(57)45-18-12-7-13-19-45;;;/h5-31H,32-39H2,1-4H3;3*1H/q+2;;;/p-2. The number of hydrogen-bond acceptors (Lipinski definition) is 4. The largest absolute Gasteiger partial charge is 1.00 e. The molecule has 0 atom stereocenters. The molecular weight excluding hydrogens is 942 g/mol. The molecule has 6 aromatic rings. The van der Waals surface area contributed by atoms with Crippen LogP contribution < -0.4 is 34.0 Å². The zero-order valence-electron chi connectivity index (χ0n) is 35.0. The van der Waals surface area contributed by atoms with Gasteiger partial charge < -0.3 is 42.9 Å². The van der Waals surface area contributed by atoms with Crippen molar-refractivity contribution in [3.05, 3.63) is 214 Å². The van der Waals surface area contributed by atoms with E-state index in [2.05, 4.69) is 69.5 Å². The number of ketones is 3. The average molecular weight is 999 g/mol. The predicted octanol–water partition coefficient (Wildman–Crippen LogP) is 3.36. The Hall–Kier alpha value is -4.35. The molecule has 0 saturated heterocycles. The smallest absolute Gasteiger partial charge is 0.193 e. The molecule has 9 heteroatoms. The second-order valence-corrected chi connectivity index (χ2v) is 16.4. The summed E-state index contributed by atoms with van der Waals surface area (Å²) in [6.07, 6.45) is 0.883. The van der Waals surface area contributed by atoms with Crippen LogP contribution in [0.3, 0.4) is 0 Å². The number of carbonyl (C=O) groups is 3. The molecule has 6 nitrogen and oxygen atoms in total. The first kappa shape index (κ1) is 50.0. The first-order valence-electron chi connectivity index (χ1n) is 19.9. The van der Waals surface area contributed by atoms with Crippen molar-refractivity contribution in [1.82, 2.24) is 4.90 Å². The Labute approximate surface area is 388 Å². The van der Waals surface area contributed by atoms with E-state index < -0.39 is 0 Å². The fraction of sp³-hybridized carbons (Fsp3) is 0.235. The zero-order chi connectivity index (χ0) is 40.3. The quantitative estimate of drug-likeness (QED) is 0.0925. The molecule has 0 aliphatic carbocycles. The molecule has 0 bridgehead atoms. The molecule has 0 spiro atoms. The van der Waals surface area contributed by atoms with Crippen LogP contribution in [0.25, 0.3) is 0 Å². The molecule has 0 aliphatic heterocycles. The number of nitrogens with zero attached hydrogens (tertiary/aromatic N) is 3. The normalized spacial score (nSPS) is 11.2. The van der Waals surface area contributed by atoms with Gasteiger partial charge in [-0.2, -0.15) is 0 Å². The van der Waals surface area contributed by atoms with Gasteiger partial charge in [0.2, 0.25) is 0 Å². The Morgan fingerprint density at radius 2 is 0.650 bits per heavy atom. The fourth-order valence-corrected chi connectivity index (χ4v) is 7.21. The van der Waals surface area contributed by atoms with Crippen LogP contribution in [0, 0.1) is 0 Å². The van der Waals surface area contributed by atoms with Gasteiger partial charge in [0.1, 0.15) is 13.1 Å². The van der Waals surface area contributed by atoms with Crippen LogP contribution in [0.2, 0.25) is 0 Å². The minimum atomic E-state index is 0. The van der Waals surface area contributed by atoms with Crippen molar-refractivity contribution in [1.29, 1.82) is 0 Å². The number of quaternary nitrogens is 2. The van der Waals surface area contributed by atoms with Crippen molar-refractivity contribution < 1.29 is 57.3 Å². The Bertz CT molecular complexity index is 2120. The maximum atomic E-state index is 13.0. The summed E-state index contributed by atoms with van der Waals surface area (Å²) in [6, 6.07) is 52.5. The van der Waals surface area contributed by atoms with E-state index in [9.17, 15) is 14.4 Å². The van der Waals surface area contributed by atoms with Gasteiger partial charge in [-0.05, 0) is 12.0 Å². The van der Waals surface area contributed by atoms with Crippen LogP contribution in [0.15, 0.2) is 164 Å². The molecule has 6 rings (SSSR count). The van der Waals surface area contributed by atoms with Crippen molar-refractivity contribution in [3.8, 4) is 0 Å². The van der Waals surface area contributed by atoms with Gasteiger partial charge in [-0.3, -0.25) is 19.3 Å². The molecule has 0 aromatic heterocycles. The third-order valence-corrected chi connectivity index (χ3v) is 10.7. The summed E-state index contributed by atoms with van der Waals surface area (Å²) < 4.78 is 1.62. The van der Waals surface area contributed by atoms with E-state index >= 15 is 0 Å². The van der Waals surface area contributed by atoms with E-state index in [0.717, 1.165) is 61.2 Å². The van der Waals surface area contributed by atoms with Crippen molar-refractivity contribution in [2.24, 2.45) is 0 Å². The van der Waals surface area contributed by atoms with Gasteiger partial charge in [-0.15, -0.1) is 17.0 Å². The first-order valence-corrected chi connectivity index (χ1v) is 19.9. The highest BCUT2D eigenvalue weighted by molar-refractivity contribution is 8.93. The van der Waals surface area contributed by atoms with Crippen LogP contribution in [0.4, 0.5) is 0 Å². The van der Waals surface area contributed by atoms with Gasteiger partial charge in [-0.1, -0.05) is 164 Å². The Morgan fingerprint density at radius 3 is 0.950 bits per heavy atom. The third kappa shape index (κ3) is 14.7. The number of likely N-dealkylation sites (N-methyl/N-ethyl adjacent to an activating group) is 2. The van der Waals surface area contributed by atoms with Gasteiger partial charge in [0, 0.05) is 64.1 Å². The molecule has 0 aliphatic rings. The zero-order valence-corrected chi connectivity index (χ0v) is 39.9. The minimum Gasteiger partial charge on any atom is -1.00 e. The van der Waals surface area contributed by atoms with Crippen molar-refractivity contribution in [3.63, 3.8) is 0 Å². The minimum absolute atomic E-state index is 0. The highest BCUT2D eigenvalue weighted by Gasteiger charge is 2.23. The summed E-state index contributed by atoms with van der Waals surface area (Å²) in [5.74, 6) is 0.125. The molecule has 0 heterocycles. The second kappa shape index (κ2) is 23.6. The number of hydrogen-bond donors (Lipinski definition) is 0. The summed E-state index contributed by atoms with van der Waals surface area (Å²) in [6.45, 7) is 6.39. The van der Waals surface area contributed by atoms with Crippen molar-refractivity contribution in [2.75, 3.05) is 60.9 Å². The van der Waals surface area contributed by atoms with Crippen LogP contribution >= 0.6 is 17.0 Å². The molecule has 6 aromatic carbocycles. The van der Waals surface area contributed by atoms with E-state index in [1.807, 2.05) is 127 Å².